The van der Waals surface area contributed by atoms with Crippen molar-refractivity contribution < 1.29 is 13.2 Å². The summed E-state index contributed by atoms with van der Waals surface area (Å²) in [7, 11) is -3.61. The van der Waals surface area contributed by atoms with Crippen molar-refractivity contribution in [1.82, 2.24) is 9.62 Å². The molecule has 0 bridgehead atoms. The average molecular weight is 387 g/mol. The first-order valence-corrected chi connectivity index (χ1v) is 10.6. The second-order valence-corrected chi connectivity index (χ2v) is 9.34. The minimum Gasteiger partial charge on any atom is -0.352 e. The van der Waals surface area contributed by atoms with Crippen LogP contribution >= 0.6 is 0 Å². The minimum atomic E-state index is -3.61. The van der Waals surface area contributed by atoms with Gasteiger partial charge in [-0.15, -0.1) is 0 Å². The highest BCUT2D eigenvalue weighted by molar-refractivity contribution is 7.89. The van der Waals surface area contributed by atoms with Crippen LogP contribution in [0.4, 0.5) is 0 Å². The van der Waals surface area contributed by atoms with Crippen LogP contribution in [-0.2, 0) is 21.4 Å². The fraction of sp³-hybridized carbons (Fsp3) is 0.381. The van der Waals surface area contributed by atoms with Gasteiger partial charge in [-0.1, -0.05) is 48.5 Å². The van der Waals surface area contributed by atoms with Gasteiger partial charge in [-0.2, -0.15) is 4.31 Å². The van der Waals surface area contributed by atoms with Gasteiger partial charge in [0.2, 0.25) is 15.9 Å². The van der Waals surface area contributed by atoms with Crippen LogP contribution in [0.5, 0.6) is 0 Å². The molecule has 0 unspecified atom stereocenters. The molecule has 1 fully saturated rings. The summed E-state index contributed by atoms with van der Waals surface area (Å²) in [6.45, 7) is 4.73. The van der Waals surface area contributed by atoms with E-state index in [0.29, 0.717) is 30.8 Å². The molecule has 0 spiro atoms. The Morgan fingerprint density at radius 3 is 2.48 bits per heavy atom. The molecule has 6 heteroatoms. The van der Waals surface area contributed by atoms with E-state index < -0.39 is 15.4 Å². The molecule has 3 rings (SSSR count). The molecule has 1 aliphatic heterocycles. The van der Waals surface area contributed by atoms with Crippen LogP contribution in [0.3, 0.4) is 0 Å². The van der Waals surface area contributed by atoms with Crippen LogP contribution in [0, 0.1) is 12.3 Å². The Morgan fingerprint density at radius 1 is 1.11 bits per heavy atom. The molecule has 1 N–H and O–H groups in total. The van der Waals surface area contributed by atoms with Crippen molar-refractivity contribution in [1.29, 1.82) is 0 Å². The van der Waals surface area contributed by atoms with Gasteiger partial charge in [0, 0.05) is 19.6 Å². The lowest BCUT2D eigenvalue weighted by molar-refractivity contribution is -0.132. The summed E-state index contributed by atoms with van der Waals surface area (Å²) in [5.41, 5.74) is 1.01. The van der Waals surface area contributed by atoms with Gasteiger partial charge in [0.25, 0.3) is 0 Å². The zero-order valence-electron chi connectivity index (χ0n) is 15.8. The Kier molecular flexibility index (Phi) is 5.67. The number of carbonyl (C=O) groups excluding carboxylic acids is 1. The largest absolute Gasteiger partial charge is 0.352 e. The molecule has 0 aliphatic carbocycles. The van der Waals surface area contributed by atoms with Gasteiger partial charge >= 0.3 is 0 Å². The SMILES string of the molecule is Cc1ccccc1S(=O)(=O)N1CCC[C@](C)(C(=O)NCc2ccccc2)C1. The van der Waals surface area contributed by atoms with Crippen molar-refractivity contribution in [2.24, 2.45) is 5.41 Å². The minimum absolute atomic E-state index is 0.101. The predicted octanol–water partition coefficient (Wildman–Crippen LogP) is 3.10. The number of nitrogens with zero attached hydrogens (tertiary/aromatic N) is 1. The molecule has 1 heterocycles. The molecule has 1 saturated heterocycles. The molecule has 0 aromatic heterocycles. The van der Waals surface area contributed by atoms with E-state index in [1.54, 1.807) is 25.1 Å². The number of carbonyl (C=O) groups is 1. The fourth-order valence-corrected chi connectivity index (χ4v) is 5.39. The maximum atomic E-state index is 13.1. The van der Waals surface area contributed by atoms with Gasteiger partial charge < -0.3 is 5.32 Å². The quantitative estimate of drug-likeness (QED) is 0.859. The molecule has 1 atom stereocenters. The predicted molar refractivity (Wildman–Crippen MR) is 106 cm³/mol. The number of rotatable bonds is 5. The average Bonchev–Trinajstić information content (AvgIpc) is 2.67. The third-order valence-corrected chi connectivity index (χ3v) is 7.22. The molecule has 0 saturated carbocycles. The van der Waals surface area contributed by atoms with E-state index in [-0.39, 0.29) is 12.5 Å². The van der Waals surface area contributed by atoms with Crippen molar-refractivity contribution in [2.75, 3.05) is 13.1 Å². The summed E-state index contributed by atoms with van der Waals surface area (Å²) in [4.78, 5) is 13.2. The maximum Gasteiger partial charge on any atom is 0.243 e. The smallest absolute Gasteiger partial charge is 0.243 e. The van der Waals surface area contributed by atoms with E-state index in [0.717, 1.165) is 11.1 Å². The van der Waals surface area contributed by atoms with Crippen LogP contribution < -0.4 is 5.32 Å². The summed E-state index contributed by atoms with van der Waals surface area (Å²) in [6.07, 6.45) is 1.34. The number of sulfonamides is 1. The Balaban J connectivity index is 1.74. The van der Waals surface area contributed by atoms with E-state index >= 15 is 0 Å². The van der Waals surface area contributed by atoms with Crippen molar-refractivity contribution in [2.45, 2.75) is 38.1 Å². The summed E-state index contributed by atoms with van der Waals surface area (Å²) in [5.74, 6) is -0.101. The van der Waals surface area contributed by atoms with Crippen molar-refractivity contribution >= 4 is 15.9 Å². The molecule has 0 radical (unpaired) electrons. The number of amides is 1. The number of piperidine rings is 1. The summed E-state index contributed by atoms with van der Waals surface area (Å²) in [6, 6.07) is 16.7. The Labute approximate surface area is 161 Å². The second kappa shape index (κ2) is 7.82. The lowest BCUT2D eigenvalue weighted by atomic mass is 9.82. The Morgan fingerprint density at radius 2 is 1.78 bits per heavy atom. The van der Waals surface area contributed by atoms with Crippen LogP contribution in [-0.4, -0.2) is 31.7 Å². The van der Waals surface area contributed by atoms with E-state index in [4.69, 9.17) is 0 Å². The molecular weight excluding hydrogens is 360 g/mol. The van der Waals surface area contributed by atoms with Gasteiger partial charge in [-0.05, 0) is 43.9 Å². The zero-order valence-corrected chi connectivity index (χ0v) is 16.6. The van der Waals surface area contributed by atoms with Crippen molar-refractivity contribution in [3.05, 3.63) is 65.7 Å². The highest BCUT2D eigenvalue weighted by Gasteiger charge is 2.42. The van der Waals surface area contributed by atoms with E-state index in [9.17, 15) is 13.2 Å². The topological polar surface area (TPSA) is 66.5 Å². The van der Waals surface area contributed by atoms with E-state index in [1.807, 2.05) is 43.3 Å². The fourth-order valence-electron chi connectivity index (χ4n) is 3.56. The van der Waals surface area contributed by atoms with Gasteiger partial charge in [0.05, 0.1) is 10.3 Å². The lowest BCUT2D eigenvalue weighted by Crippen LogP contribution is -2.51. The molecule has 144 valence electrons. The molecule has 27 heavy (non-hydrogen) atoms. The number of hydrogen-bond donors (Lipinski definition) is 1. The number of nitrogens with one attached hydrogen (secondary N) is 1. The molecular formula is C21H26N2O3S. The standard InChI is InChI=1S/C21H26N2O3S/c1-17-9-6-7-12-19(17)27(25,26)23-14-8-13-21(2,16-23)20(24)22-15-18-10-4-3-5-11-18/h3-7,9-12H,8,13-16H2,1-2H3,(H,22,24)/t21-/m0/s1. The Hall–Kier alpha value is -2.18. The first-order valence-electron chi connectivity index (χ1n) is 9.21. The van der Waals surface area contributed by atoms with Crippen molar-refractivity contribution in [3.8, 4) is 0 Å². The van der Waals surface area contributed by atoms with E-state index in [1.165, 1.54) is 4.31 Å². The van der Waals surface area contributed by atoms with Gasteiger partial charge in [0.15, 0.2) is 0 Å². The molecule has 2 aromatic rings. The lowest BCUT2D eigenvalue weighted by Gasteiger charge is -2.38. The number of hydrogen-bond acceptors (Lipinski definition) is 3. The number of benzene rings is 2. The highest BCUT2D eigenvalue weighted by atomic mass is 32.2. The van der Waals surface area contributed by atoms with Gasteiger partial charge in [0.1, 0.15) is 0 Å². The second-order valence-electron chi connectivity index (χ2n) is 7.44. The first-order chi connectivity index (χ1) is 12.8. The van der Waals surface area contributed by atoms with Crippen LogP contribution in [0.2, 0.25) is 0 Å². The first kappa shape index (κ1) is 19.6. The van der Waals surface area contributed by atoms with Gasteiger partial charge in [-0.3, -0.25) is 4.79 Å². The summed E-state index contributed by atoms with van der Waals surface area (Å²) in [5, 5.41) is 2.97. The summed E-state index contributed by atoms with van der Waals surface area (Å²) < 4.78 is 27.6. The van der Waals surface area contributed by atoms with Crippen LogP contribution in [0.25, 0.3) is 0 Å². The molecule has 1 aliphatic rings. The highest BCUT2D eigenvalue weighted by Crippen LogP contribution is 2.33. The molecule has 5 nitrogen and oxygen atoms in total. The third-order valence-electron chi connectivity index (χ3n) is 5.22. The summed E-state index contributed by atoms with van der Waals surface area (Å²) >= 11 is 0. The van der Waals surface area contributed by atoms with E-state index in [2.05, 4.69) is 5.32 Å². The molecule has 1 amide bonds. The zero-order chi connectivity index (χ0) is 19.5. The Bertz CT molecular complexity index is 912. The molecule has 2 aromatic carbocycles. The third kappa shape index (κ3) is 4.22. The van der Waals surface area contributed by atoms with Crippen LogP contribution in [0.1, 0.15) is 30.9 Å². The monoisotopic (exact) mass is 386 g/mol. The number of aryl methyl sites for hydroxylation is 1. The normalized spacial score (nSPS) is 21.0. The van der Waals surface area contributed by atoms with Crippen molar-refractivity contribution in [3.63, 3.8) is 0 Å². The maximum absolute atomic E-state index is 13.1. The van der Waals surface area contributed by atoms with Gasteiger partial charge in [-0.25, -0.2) is 8.42 Å². The van der Waals surface area contributed by atoms with Crippen LogP contribution in [0.15, 0.2) is 59.5 Å².